The first-order valence-corrected chi connectivity index (χ1v) is 15.3. The summed E-state index contributed by atoms with van der Waals surface area (Å²) >= 11 is 1.47. The van der Waals surface area contributed by atoms with E-state index in [4.69, 9.17) is 9.26 Å². The molecule has 1 saturated heterocycles. The number of rotatable bonds is 12. The summed E-state index contributed by atoms with van der Waals surface area (Å²) in [5.74, 6) is 0.205. The summed E-state index contributed by atoms with van der Waals surface area (Å²) in [7, 11) is -2.20. The monoisotopic (exact) mass is 575 g/mol. The van der Waals surface area contributed by atoms with Gasteiger partial charge in [-0.05, 0) is 75.9 Å². The number of aromatic nitrogens is 4. The third kappa shape index (κ3) is 6.45. The molecular weight excluding hydrogens is 542 g/mol. The fourth-order valence-corrected chi connectivity index (χ4v) is 7.79. The van der Waals surface area contributed by atoms with E-state index in [2.05, 4.69) is 30.6 Å². The van der Waals surface area contributed by atoms with Gasteiger partial charge in [0.2, 0.25) is 10.0 Å². The maximum Gasteiger partial charge on any atom is 0.315 e. The third-order valence-electron chi connectivity index (χ3n) is 6.87. The van der Waals surface area contributed by atoms with E-state index in [1.165, 1.54) is 28.5 Å². The number of benzene rings is 1. The molecule has 2 fully saturated rings. The molecule has 2 aromatic heterocycles. The molecule has 210 valence electrons. The normalized spacial score (nSPS) is 16.2. The van der Waals surface area contributed by atoms with Crippen LogP contribution in [-0.4, -0.2) is 76.7 Å². The Morgan fingerprint density at radius 1 is 1.18 bits per heavy atom. The van der Waals surface area contributed by atoms with Crippen molar-refractivity contribution in [2.75, 3.05) is 26.7 Å². The molecule has 0 radical (unpaired) electrons. The lowest BCUT2D eigenvalue weighted by molar-refractivity contribution is 0.0907. The number of nitrogens with zero attached hydrogens (tertiary/aromatic N) is 6. The average molecular weight is 576 g/mol. The fourth-order valence-electron chi connectivity index (χ4n) is 4.86. The van der Waals surface area contributed by atoms with E-state index in [1.807, 2.05) is 0 Å². The number of hydrogen-bond donors (Lipinski definition) is 1. The Balaban J connectivity index is 1.18. The minimum absolute atomic E-state index is 0.0622. The van der Waals surface area contributed by atoms with E-state index in [0.717, 1.165) is 37.5 Å². The Bertz CT molecular complexity index is 1400. The molecule has 3 heterocycles. The van der Waals surface area contributed by atoms with Gasteiger partial charge in [-0.2, -0.15) is 9.29 Å². The molecule has 2 aliphatic rings. The second-order valence-electron chi connectivity index (χ2n) is 9.96. The van der Waals surface area contributed by atoms with Crippen LogP contribution in [0.25, 0.3) is 0 Å². The van der Waals surface area contributed by atoms with E-state index in [1.54, 1.807) is 33.1 Å². The van der Waals surface area contributed by atoms with Crippen molar-refractivity contribution in [3.8, 4) is 5.75 Å². The highest BCUT2D eigenvalue weighted by atomic mass is 32.2. The Morgan fingerprint density at radius 3 is 2.54 bits per heavy atom. The molecule has 0 unspecified atom stereocenters. The van der Waals surface area contributed by atoms with Crippen LogP contribution in [0, 0.1) is 13.8 Å². The Kier molecular flexibility index (Phi) is 8.26. The van der Waals surface area contributed by atoms with E-state index < -0.39 is 15.9 Å². The molecule has 1 amide bonds. The van der Waals surface area contributed by atoms with Crippen molar-refractivity contribution < 1.29 is 22.5 Å². The first kappa shape index (κ1) is 27.6. The van der Waals surface area contributed by atoms with Crippen LogP contribution >= 0.6 is 11.3 Å². The molecule has 14 heteroatoms. The van der Waals surface area contributed by atoms with Crippen molar-refractivity contribution in [3.05, 3.63) is 45.0 Å². The number of carbonyl (C=O) groups excluding carboxylic acids is 1. The van der Waals surface area contributed by atoms with Crippen LogP contribution in [0.5, 0.6) is 5.75 Å². The summed E-state index contributed by atoms with van der Waals surface area (Å²) in [5, 5.41) is 16.6. The number of carbonyl (C=O) groups is 1. The molecular formula is C25H33N7O5S2. The van der Waals surface area contributed by atoms with Gasteiger partial charge in [-0.3, -0.25) is 9.69 Å². The van der Waals surface area contributed by atoms with Crippen LogP contribution in [0.4, 0.5) is 0 Å². The molecule has 1 aromatic carbocycles. The SMILES string of the molecule is COc1cc(C)c(S(=O)(=O)N(CCc2noc(C(=O)NCc3nnc(CN4CCCC4)s3)n2)C2CC2)c(C)c1. The van der Waals surface area contributed by atoms with Crippen molar-refractivity contribution >= 4 is 27.3 Å². The number of amides is 1. The summed E-state index contributed by atoms with van der Waals surface area (Å²) in [6, 6.07) is 3.39. The molecule has 0 bridgehead atoms. The maximum atomic E-state index is 13.7. The molecule has 0 atom stereocenters. The molecule has 39 heavy (non-hydrogen) atoms. The second-order valence-corrected chi connectivity index (χ2v) is 12.9. The molecule has 1 aliphatic carbocycles. The highest BCUT2D eigenvalue weighted by molar-refractivity contribution is 7.89. The lowest BCUT2D eigenvalue weighted by Gasteiger charge is -2.24. The first-order chi connectivity index (χ1) is 18.7. The molecule has 3 aromatic rings. The minimum Gasteiger partial charge on any atom is -0.497 e. The lowest BCUT2D eigenvalue weighted by Crippen LogP contribution is -2.36. The van der Waals surface area contributed by atoms with Gasteiger partial charge < -0.3 is 14.6 Å². The van der Waals surface area contributed by atoms with E-state index >= 15 is 0 Å². The van der Waals surface area contributed by atoms with Crippen molar-refractivity contribution in [3.63, 3.8) is 0 Å². The minimum atomic E-state index is -3.75. The van der Waals surface area contributed by atoms with Gasteiger partial charge in [-0.1, -0.05) is 16.5 Å². The molecule has 1 aliphatic heterocycles. The van der Waals surface area contributed by atoms with Crippen molar-refractivity contribution in [1.82, 2.24) is 34.9 Å². The van der Waals surface area contributed by atoms with Crippen LogP contribution in [0.3, 0.4) is 0 Å². The average Bonchev–Trinajstić information content (AvgIpc) is 3.26. The summed E-state index contributed by atoms with van der Waals surface area (Å²) in [5.41, 5.74) is 1.27. The number of likely N-dealkylation sites (tertiary alicyclic amines) is 1. The van der Waals surface area contributed by atoms with Gasteiger partial charge in [-0.25, -0.2) is 8.42 Å². The predicted octanol–water partition coefficient (Wildman–Crippen LogP) is 2.47. The number of methoxy groups -OCH3 is 1. The molecule has 1 saturated carbocycles. The van der Waals surface area contributed by atoms with Crippen LogP contribution < -0.4 is 10.1 Å². The van der Waals surface area contributed by atoms with Crippen molar-refractivity contribution in [1.29, 1.82) is 0 Å². The van der Waals surface area contributed by atoms with E-state index in [9.17, 15) is 13.2 Å². The van der Waals surface area contributed by atoms with Crippen LogP contribution in [0.15, 0.2) is 21.6 Å². The number of sulfonamides is 1. The van der Waals surface area contributed by atoms with Gasteiger partial charge in [0.15, 0.2) is 5.82 Å². The third-order valence-corrected chi connectivity index (χ3v) is 10.0. The lowest BCUT2D eigenvalue weighted by atomic mass is 10.1. The van der Waals surface area contributed by atoms with Gasteiger partial charge in [0, 0.05) is 19.0 Å². The topological polar surface area (TPSA) is 144 Å². The van der Waals surface area contributed by atoms with E-state index in [0.29, 0.717) is 26.8 Å². The Hall–Kier alpha value is -2.94. The number of ether oxygens (including phenoxy) is 1. The standard InChI is InChI=1S/C25H33N7O5S2/c1-16-12-19(36-3)13-17(2)23(16)39(34,35)32(18-6-7-18)11-8-20-27-25(37-30-20)24(33)26-14-21-28-29-22(38-21)15-31-9-4-5-10-31/h12-13,18H,4-11,14-15H2,1-3H3,(H,26,33). The van der Waals surface area contributed by atoms with Crippen LogP contribution in [0.1, 0.15) is 63.3 Å². The quantitative estimate of drug-likeness (QED) is 0.342. The van der Waals surface area contributed by atoms with E-state index in [-0.39, 0.29) is 37.3 Å². The van der Waals surface area contributed by atoms with Crippen molar-refractivity contribution in [2.24, 2.45) is 0 Å². The summed E-state index contributed by atoms with van der Waals surface area (Å²) < 4.78 is 39.3. The smallest absolute Gasteiger partial charge is 0.315 e. The van der Waals surface area contributed by atoms with Gasteiger partial charge in [-0.15, -0.1) is 10.2 Å². The van der Waals surface area contributed by atoms with Gasteiger partial charge in [0.1, 0.15) is 15.8 Å². The van der Waals surface area contributed by atoms with Crippen LogP contribution in [0.2, 0.25) is 0 Å². The summed E-state index contributed by atoms with van der Waals surface area (Å²) in [6.45, 7) is 6.88. The molecule has 1 N–H and O–H groups in total. The second kappa shape index (κ2) is 11.7. The zero-order valence-corrected chi connectivity index (χ0v) is 24.0. The van der Waals surface area contributed by atoms with Crippen molar-refractivity contribution in [2.45, 2.75) is 70.0 Å². The molecule has 12 nitrogen and oxygen atoms in total. The Morgan fingerprint density at radius 2 is 1.87 bits per heavy atom. The van der Waals surface area contributed by atoms with Gasteiger partial charge in [0.25, 0.3) is 0 Å². The largest absolute Gasteiger partial charge is 0.497 e. The predicted molar refractivity (Wildman–Crippen MR) is 143 cm³/mol. The van der Waals surface area contributed by atoms with Crippen LogP contribution in [-0.2, 0) is 29.5 Å². The highest BCUT2D eigenvalue weighted by Gasteiger charge is 2.39. The zero-order chi connectivity index (χ0) is 27.6. The summed E-state index contributed by atoms with van der Waals surface area (Å²) in [6.07, 6.45) is 4.25. The number of hydrogen-bond acceptors (Lipinski definition) is 11. The first-order valence-electron chi connectivity index (χ1n) is 13.1. The zero-order valence-electron chi connectivity index (χ0n) is 22.3. The van der Waals surface area contributed by atoms with Gasteiger partial charge >= 0.3 is 11.8 Å². The maximum absolute atomic E-state index is 13.7. The molecule has 0 spiro atoms. The number of nitrogens with one attached hydrogen (secondary N) is 1. The molecule has 5 rings (SSSR count). The summed E-state index contributed by atoms with van der Waals surface area (Å²) in [4.78, 5) is 19.4. The number of aryl methyl sites for hydroxylation is 2. The van der Waals surface area contributed by atoms with Gasteiger partial charge in [0.05, 0.1) is 25.1 Å². The Labute approximate surface area is 231 Å². The fraction of sp³-hybridized carbons (Fsp3) is 0.560. The highest BCUT2D eigenvalue weighted by Crippen LogP contribution is 2.35.